The van der Waals surface area contributed by atoms with E-state index in [-0.39, 0.29) is 11.8 Å². The quantitative estimate of drug-likeness (QED) is 0.894. The number of benzene rings is 1. The number of halogens is 2. The molecule has 0 saturated carbocycles. The molecule has 1 heterocycles. The highest BCUT2D eigenvalue weighted by molar-refractivity contribution is 5.29. The van der Waals surface area contributed by atoms with Crippen molar-refractivity contribution in [3.63, 3.8) is 0 Å². The van der Waals surface area contributed by atoms with Crippen LogP contribution in [0, 0.1) is 0 Å². The highest BCUT2D eigenvalue weighted by atomic mass is 19.3. The molecule has 2 N–H and O–H groups in total. The zero-order chi connectivity index (χ0) is 13.8. The van der Waals surface area contributed by atoms with Crippen LogP contribution in [0.2, 0.25) is 0 Å². The summed E-state index contributed by atoms with van der Waals surface area (Å²) >= 11 is 0. The standard InChI is InChI=1S/C14H20F2N2O/c1-10-3-2-8-18(10)13(9-17)11-4-6-12(7-5-11)19-14(15)16/h4-7,10,13-14H,2-3,8-9,17H2,1H3. The van der Waals surface area contributed by atoms with Gasteiger partial charge in [-0.2, -0.15) is 8.78 Å². The molecule has 1 aromatic carbocycles. The maximum absolute atomic E-state index is 12.1. The van der Waals surface area contributed by atoms with Gasteiger partial charge in [-0.25, -0.2) is 0 Å². The molecule has 0 bridgehead atoms. The van der Waals surface area contributed by atoms with Crippen molar-refractivity contribution in [2.75, 3.05) is 13.1 Å². The third-order valence-corrected chi connectivity index (χ3v) is 3.72. The molecule has 5 heteroatoms. The predicted molar refractivity (Wildman–Crippen MR) is 70.3 cm³/mol. The van der Waals surface area contributed by atoms with E-state index in [1.54, 1.807) is 12.1 Å². The Labute approximate surface area is 112 Å². The van der Waals surface area contributed by atoms with E-state index in [0.29, 0.717) is 12.6 Å². The van der Waals surface area contributed by atoms with Crippen molar-refractivity contribution in [1.82, 2.24) is 4.90 Å². The number of nitrogens with zero attached hydrogens (tertiary/aromatic N) is 1. The number of likely N-dealkylation sites (tertiary alicyclic amines) is 1. The highest BCUT2D eigenvalue weighted by Gasteiger charge is 2.27. The Bertz CT molecular complexity index is 397. The molecule has 0 aromatic heterocycles. The minimum Gasteiger partial charge on any atom is -0.435 e. The number of hydrogen-bond acceptors (Lipinski definition) is 3. The molecule has 19 heavy (non-hydrogen) atoms. The zero-order valence-electron chi connectivity index (χ0n) is 11.1. The van der Waals surface area contributed by atoms with E-state index in [9.17, 15) is 8.78 Å². The van der Waals surface area contributed by atoms with Gasteiger partial charge in [0.05, 0.1) is 0 Å². The fraction of sp³-hybridized carbons (Fsp3) is 0.571. The van der Waals surface area contributed by atoms with Crippen LogP contribution in [-0.2, 0) is 0 Å². The molecule has 1 aromatic rings. The lowest BCUT2D eigenvalue weighted by molar-refractivity contribution is -0.0498. The fourth-order valence-electron chi connectivity index (χ4n) is 2.75. The molecule has 0 radical (unpaired) electrons. The van der Waals surface area contributed by atoms with Crippen LogP contribution in [0.5, 0.6) is 5.75 Å². The Morgan fingerprint density at radius 2 is 2.05 bits per heavy atom. The first-order chi connectivity index (χ1) is 9.11. The van der Waals surface area contributed by atoms with Gasteiger partial charge in [0.2, 0.25) is 0 Å². The molecule has 2 rings (SSSR count). The largest absolute Gasteiger partial charge is 0.435 e. The molecule has 1 fully saturated rings. The number of ether oxygens (including phenoxy) is 1. The van der Waals surface area contributed by atoms with E-state index in [1.807, 2.05) is 12.1 Å². The third kappa shape index (κ3) is 3.42. The average molecular weight is 270 g/mol. The number of alkyl halides is 2. The molecule has 2 atom stereocenters. The first-order valence-corrected chi connectivity index (χ1v) is 6.62. The van der Waals surface area contributed by atoms with Gasteiger partial charge in [-0.1, -0.05) is 12.1 Å². The summed E-state index contributed by atoms with van der Waals surface area (Å²) in [5.41, 5.74) is 6.93. The van der Waals surface area contributed by atoms with Gasteiger partial charge >= 0.3 is 6.61 Å². The van der Waals surface area contributed by atoms with Crippen molar-refractivity contribution < 1.29 is 13.5 Å². The third-order valence-electron chi connectivity index (χ3n) is 3.72. The Morgan fingerprint density at radius 1 is 1.37 bits per heavy atom. The monoisotopic (exact) mass is 270 g/mol. The summed E-state index contributed by atoms with van der Waals surface area (Å²) in [5, 5.41) is 0. The van der Waals surface area contributed by atoms with Crippen molar-refractivity contribution in [1.29, 1.82) is 0 Å². The lowest BCUT2D eigenvalue weighted by Crippen LogP contribution is -2.35. The van der Waals surface area contributed by atoms with Gasteiger partial charge in [-0.15, -0.1) is 0 Å². The maximum atomic E-state index is 12.1. The van der Waals surface area contributed by atoms with Gasteiger partial charge in [0.1, 0.15) is 5.75 Å². The zero-order valence-corrected chi connectivity index (χ0v) is 11.1. The maximum Gasteiger partial charge on any atom is 0.387 e. The molecule has 1 saturated heterocycles. The lowest BCUT2D eigenvalue weighted by atomic mass is 10.0. The number of nitrogens with two attached hydrogens (primary N) is 1. The molecule has 0 aliphatic carbocycles. The van der Waals surface area contributed by atoms with Crippen molar-refractivity contribution in [3.05, 3.63) is 29.8 Å². The molecular weight excluding hydrogens is 250 g/mol. The second-order valence-electron chi connectivity index (χ2n) is 4.93. The normalized spacial score (nSPS) is 21.8. The molecular formula is C14H20F2N2O. The van der Waals surface area contributed by atoms with Crippen LogP contribution in [-0.4, -0.2) is 30.6 Å². The van der Waals surface area contributed by atoms with Crippen molar-refractivity contribution in [2.45, 2.75) is 38.5 Å². The van der Waals surface area contributed by atoms with Crippen LogP contribution in [0.15, 0.2) is 24.3 Å². The number of hydrogen-bond donors (Lipinski definition) is 1. The summed E-state index contributed by atoms with van der Waals surface area (Å²) in [6, 6.07) is 7.46. The Hall–Kier alpha value is -1.20. The number of rotatable bonds is 5. The average Bonchev–Trinajstić information content (AvgIpc) is 2.78. The minimum absolute atomic E-state index is 0.151. The molecule has 0 spiro atoms. The fourth-order valence-corrected chi connectivity index (χ4v) is 2.75. The van der Waals surface area contributed by atoms with E-state index in [4.69, 9.17) is 5.73 Å². The van der Waals surface area contributed by atoms with Crippen LogP contribution in [0.25, 0.3) is 0 Å². The van der Waals surface area contributed by atoms with Gasteiger partial charge in [0, 0.05) is 18.6 Å². The van der Waals surface area contributed by atoms with Crippen molar-refractivity contribution >= 4 is 0 Å². The van der Waals surface area contributed by atoms with E-state index < -0.39 is 6.61 Å². The van der Waals surface area contributed by atoms with E-state index in [2.05, 4.69) is 16.6 Å². The second kappa shape index (κ2) is 6.30. The predicted octanol–water partition coefficient (Wildman–Crippen LogP) is 2.77. The van der Waals surface area contributed by atoms with Crippen LogP contribution in [0.3, 0.4) is 0 Å². The first kappa shape index (κ1) is 14.2. The van der Waals surface area contributed by atoms with Gasteiger partial charge in [-0.3, -0.25) is 4.90 Å². The smallest absolute Gasteiger partial charge is 0.387 e. The van der Waals surface area contributed by atoms with E-state index in [1.165, 1.54) is 12.8 Å². The molecule has 2 unspecified atom stereocenters. The van der Waals surface area contributed by atoms with Crippen LogP contribution in [0.4, 0.5) is 8.78 Å². The van der Waals surface area contributed by atoms with Gasteiger partial charge in [0.25, 0.3) is 0 Å². The SMILES string of the molecule is CC1CCCN1C(CN)c1ccc(OC(F)F)cc1. The molecule has 1 aliphatic heterocycles. The summed E-state index contributed by atoms with van der Waals surface area (Å²) in [4.78, 5) is 2.38. The highest BCUT2D eigenvalue weighted by Crippen LogP contribution is 2.29. The molecule has 0 amide bonds. The Balaban J connectivity index is 2.10. The molecule has 1 aliphatic rings. The summed E-state index contributed by atoms with van der Waals surface area (Å²) in [5.74, 6) is 0.184. The lowest BCUT2D eigenvalue weighted by Gasteiger charge is -2.31. The van der Waals surface area contributed by atoms with E-state index >= 15 is 0 Å². The van der Waals surface area contributed by atoms with Crippen LogP contribution >= 0.6 is 0 Å². The van der Waals surface area contributed by atoms with Gasteiger partial charge in [-0.05, 0) is 44.0 Å². The molecule has 3 nitrogen and oxygen atoms in total. The summed E-state index contributed by atoms with van der Waals surface area (Å²) in [6.07, 6.45) is 2.37. The molecule has 106 valence electrons. The topological polar surface area (TPSA) is 38.5 Å². The van der Waals surface area contributed by atoms with Crippen molar-refractivity contribution in [3.8, 4) is 5.75 Å². The summed E-state index contributed by atoms with van der Waals surface area (Å²) in [6.45, 7) is 0.983. The minimum atomic E-state index is -2.78. The Morgan fingerprint density at radius 3 is 2.53 bits per heavy atom. The first-order valence-electron chi connectivity index (χ1n) is 6.62. The van der Waals surface area contributed by atoms with E-state index in [0.717, 1.165) is 12.1 Å². The van der Waals surface area contributed by atoms with Gasteiger partial charge in [0.15, 0.2) is 0 Å². The van der Waals surface area contributed by atoms with Crippen LogP contribution in [0.1, 0.15) is 31.4 Å². The Kier molecular flexibility index (Phi) is 4.71. The van der Waals surface area contributed by atoms with Gasteiger partial charge < -0.3 is 10.5 Å². The van der Waals surface area contributed by atoms with Crippen LogP contribution < -0.4 is 10.5 Å². The second-order valence-corrected chi connectivity index (χ2v) is 4.93. The van der Waals surface area contributed by atoms with Crippen molar-refractivity contribution in [2.24, 2.45) is 5.73 Å². The summed E-state index contributed by atoms with van der Waals surface area (Å²) in [7, 11) is 0. The summed E-state index contributed by atoms with van der Waals surface area (Å²) < 4.78 is 28.5.